The van der Waals surface area contributed by atoms with E-state index in [1.54, 1.807) is 52.5 Å². The van der Waals surface area contributed by atoms with E-state index in [-0.39, 0.29) is 276 Å². The molecule has 6 bridgehead atoms. The minimum atomic E-state index is -5.25. The molecule has 14 N–H and O–H groups in total. The molecule has 2 aromatic carbocycles. The van der Waals surface area contributed by atoms with Gasteiger partial charge in [0.05, 0.1) is 248 Å². The molecule has 57 heteroatoms. The maximum absolute atomic E-state index is 14.2. The maximum Gasteiger partial charge on any atom is 0.471 e. The number of carbonyl (C=O) groups is 7. The largest absolute Gasteiger partial charge is 0.505 e. The van der Waals surface area contributed by atoms with E-state index in [2.05, 4.69) is 31.6 Å². The van der Waals surface area contributed by atoms with Crippen LogP contribution in [0.5, 0.6) is 11.5 Å². The molecule has 4 aromatic rings. The predicted molar refractivity (Wildman–Crippen MR) is 455 cm³/mol. The van der Waals surface area contributed by atoms with Gasteiger partial charge in [-0.05, 0) is 42.8 Å². The van der Waals surface area contributed by atoms with E-state index in [0.717, 1.165) is 6.07 Å². The summed E-state index contributed by atoms with van der Waals surface area (Å²) in [5.41, 5.74) is -4.66. The maximum atomic E-state index is 14.2. The third-order valence-corrected chi connectivity index (χ3v) is 22.2. The number of amides is 7. The van der Waals surface area contributed by atoms with Gasteiger partial charge >= 0.3 is 36.3 Å². The Morgan fingerprint density at radius 3 is 1.13 bits per heavy atom. The molecule has 10 rings (SSSR count). The SMILES string of the molecule is O=C(CCOCC(COCCC(=O)NCCOCCOCCOCCOC[C@@]12CO[C@@H](O1)[C@H](NC(=O)C(F)(F)F)[C@@H](O)[C@H]2O)(COCCC(=O)NCCOCCOCCOCCOC[C@@]12CO[C@@H](O1)[C@H](NC(=O)C(F)(F)F)[C@@H](O)[C@H]2O)NC(=O)CCCOc1ccc2nc(-c3cn(-c4ccc(O)c(F)c4)nn3)ccc2c1)NCCOCCOCCOCCOC[C@@]12CO[C@@H](O1)[C@H](NC(=O)C(F)(F)F)[C@@H](O)[C@H]2O. The standard InChI is InChI=1S/C85H119F10N11O36/c86-55-41-53(4-8-59(55)107)106-42-58(104-105-106)57-6-3-52-40-54(5-7-56(52)99-57)136-15-1-2-63(111)103-79(43-130-16-9-60(108)96-12-19-121-22-25-124-28-31-127-34-37-133-46-80-49-137-73(140-80)64(67(112)70(80)115)100-76(118)83(87,88)89,44-131-17-10-61(109)97-13-20-122-23-26-125-29-32-128-35-38-134-47-81-50-138-74(141-81)65(68(113)71(81)116)101-77(119)84(90,91)92)45-132-18-11-62(110)98-14-21-123-24-27-126-30-33-129-36-39-135-48-82-51-139-75(142-82)66(69(114)72(82)117)102-78(120)85(93,94)95/h3-8,40-42,64-75,107,112-117H,1-2,9-39,43-51H2,(H,96,108)(H,97,109)(H,98,110)(H,100,118)(H,101,119)(H,102,120)(H,103,111)/t64-,65-,66-,67-,68-,69-,70-,71-,72-,73+,74+,75+,80+,81+,82+/m1/s1. The summed E-state index contributed by atoms with van der Waals surface area (Å²) in [6, 6.07) is 7.33. The summed E-state index contributed by atoms with van der Waals surface area (Å²) in [6.07, 6.45) is -30.0. The third-order valence-electron chi connectivity index (χ3n) is 22.2. The lowest BCUT2D eigenvalue weighted by molar-refractivity contribution is -0.240. The average molecular weight is 2060 g/mol. The van der Waals surface area contributed by atoms with Crippen molar-refractivity contribution in [2.24, 2.45) is 0 Å². The number of pyridine rings is 1. The van der Waals surface area contributed by atoms with Crippen molar-refractivity contribution in [2.75, 3.05) is 244 Å². The van der Waals surface area contributed by atoms with Gasteiger partial charge in [-0.1, -0.05) is 11.3 Å². The van der Waals surface area contributed by atoms with Crippen molar-refractivity contribution in [3.8, 4) is 28.6 Å². The summed E-state index contributed by atoms with van der Waals surface area (Å²) in [7, 11) is 0. The highest BCUT2D eigenvalue weighted by atomic mass is 19.4. The van der Waals surface area contributed by atoms with Crippen LogP contribution >= 0.6 is 0 Å². The molecule has 6 aliphatic rings. The first-order valence-electron chi connectivity index (χ1n) is 45.3. The van der Waals surface area contributed by atoms with Crippen LogP contribution in [0, 0.1) is 5.82 Å². The van der Waals surface area contributed by atoms with Crippen molar-refractivity contribution in [1.29, 1.82) is 0 Å². The second-order valence-electron chi connectivity index (χ2n) is 33.0. The first kappa shape index (κ1) is 115. The Kier molecular flexibility index (Phi) is 45.9. The van der Waals surface area contributed by atoms with Crippen molar-refractivity contribution in [1.82, 2.24) is 57.2 Å². The van der Waals surface area contributed by atoms with E-state index < -0.39 is 167 Å². The number of benzene rings is 2. The number of phenolic OH excluding ortho intramolecular Hbond substituents is 1. The minimum absolute atomic E-state index is 0.0237. The van der Waals surface area contributed by atoms with E-state index in [9.17, 15) is 113 Å². The van der Waals surface area contributed by atoms with E-state index in [1.165, 1.54) is 16.8 Å². The molecule has 0 radical (unpaired) electrons. The Bertz CT molecular complexity index is 4290. The van der Waals surface area contributed by atoms with Gasteiger partial charge in [-0.25, -0.2) is 14.1 Å². The quantitative estimate of drug-likeness (QED) is 0.0153. The second-order valence-corrected chi connectivity index (χ2v) is 33.0. The number of rotatable bonds is 68. The molecular formula is C85H119F10N11O36. The molecule has 0 spiro atoms. The zero-order chi connectivity index (χ0) is 102. The molecule has 6 fully saturated rings. The zero-order valence-electron chi connectivity index (χ0n) is 76.9. The normalized spacial score (nSPS) is 24.2. The highest BCUT2D eigenvalue weighted by Gasteiger charge is 2.64. The van der Waals surface area contributed by atoms with Crippen LogP contribution < -0.4 is 42.0 Å². The Labute approximate surface area is 804 Å². The highest BCUT2D eigenvalue weighted by Crippen LogP contribution is 2.41. The molecular weight excluding hydrogens is 1940 g/mol. The van der Waals surface area contributed by atoms with Crippen molar-refractivity contribution >= 4 is 52.3 Å². The number of hydrogen-bond donors (Lipinski definition) is 14. The predicted octanol–water partition coefficient (Wildman–Crippen LogP) is -3.21. The van der Waals surface area contributed by atoms with Crippen LogP contribution in [0.3, 0.4) is 0 Å². The van der Waals surface area contributed by atoms with Crippen LogP contribution in [0.25, 0.3) is 28.0 Å². The lowest BCUT2D eigenvalue weighted by atomic mass is 9.88. The zero-order valence-corrected chi connectivity index (χ0v) is 76.9. The monoisotopic (exact) mass is 2060 g/mol. The molecule has 15 atom stereocenters. The summed E-state index contributed by atoms with van der Waals surface area (Å²) in [4.78, 5) is 92.8. The molecule has 0 saturated carbocycles. The molecule has 0 unspecified atom stereocenters. The van der Waals surface area contributed by atoms with Gasteiger partial charge in [-0.3, -0.25) is 33.6 Å². The van der Waals surface area contributed by atoms with Gasteiger partial charge in [0.15, 0.2) is 30.4 Å². The molecule has 142 heavy (non-hydrogen) atoms. The van der Waals surface area contributed by atoms with Crippen LogP contribution in [-0.2, 0) is 133 Å². The number of nitrogens with one attached hydrogen (secondary N) is 7. The van der Waals surface area contributed by atoms with Crippen LogP contribution in [0.2, 0.25) is 0 Å². The number of halogens is 10. The molecule has 2 aromatic heterocycles. The van der Waals surface area contributed by atoms with Crippen molar-refractivity contribution in [2.45, 2.75) is 147 Å². The van der Waals surface area contributed by atoms with Crippen LogP contribution in [-0.4, -0.2) is 456 Å². The lowest BCUT2D eigenvalue weighted by Crippen LogP contribution is -2.67. The van der Waals surface area contributed by atoms with Gasteiger partial charge in [-0.15, -0.1) is 5.10 Å². The van der Waals surface area contributed by atoms with Crippen LogP contribution in [0.1, 0.15) is 32.1 Å². The first-order valence-corrected chi connectivity index (χ1v) is 45.3. The molecule has 0 aliphatic carbocycles. The number of aliphatic hydroxyl groups is 6. The van der Waals surface area contributed by atoms with Crippen molar-refractivity contribution in [3.63, 3.8) is 0 Å². The topological polar surface area (TPSA) is 592 Å². The van der Waals surface area contributed by atoms with Crippen molar-refractivity contribution in [3.05, 3.63) is 60.5 Å². The molecule has 800 valence electrons. The minimum Gasteiger partial charge on any atom is -0.505 e. The Morgan fingerprint density at radius 1 is 0.408 bits per heavy atom. The van der Waals surface area contributed by atoms with Gasteiger partial charge in [0.25, 0.3) is 0 Å². The summed E-state index contributed by atoms with van der Waals surface area (Å²) in [5.74, 6) is -9.78. The van der Waals surface area contributed by atoms with E-state index in [4.69, 9.17) is 109 Å². The number of fused-ring (bicyclic) bond motifs is 7. The fourth-order valence-corrected chi connectivity index (χ4v) is 14.8. The Morgan fingerprint density at radius 2 is 0.768 bits per heavy atom. The van der Waals surface area contributed by atoms with E-state index in [0.29, 0.717) is 33.7 Å². The van der Waals surface area contributed by atoms with Crippen LogP contribution in [0.15, 0.2) is 54.7 Å². The number of phenols is 1. The summed E-state index contributed by atoms with van der Waals surface area (Å²) in [5, 5.41) is 98.1. The molecule has 8 heterocycles. The second kappa shape index (κ2) is 56.7. The summed E-state index contributed by atoms with van der Waals surface area (Å²) >= 11 is 0. The van der Waals surface area contributed by atoms with Gasteiger partial charge in [0, 0.05) is 56.8 Å². The van der Waals surface area contributed by atoms with Gasteiger partial charge in [0.1, 0.15) is 88.5 Å². The number of aromatic hydroxyl groups is 1. The third kappa shape index (κ3) is 35.5. The number of ether oxygens (including phenoxy) is 22. The lowest BCUT2D eigenvalue weighted by Gasteiger charge is -2.42. The fourth-order valence-electron chi connectivity index (χ4n) is 14.8. The van der Waals surface area contributed by atoms with Crippen LogP contribution in [0.4, 0.5) is 43.9 Å². The number of alkyl halides is 9. The first-order chi connectivity index (χ1) is 67.9. The molecule has 6 aliphatic heterocycles. The summed E-state index contributed by atoms with van der Waals surface area (Å²) < 4.78 is 255. The number of hydrogen-bond acceptors (Lipinski definition) is 39. The number of nitrogens with zero attached hydrogens (tertiary/aromatic N) is 4. The van der Waals surface area contributed by atoms with Gasteiger partial charge < -0.3 is 177 Å². The fraction of sp³-hybridized carbons (Fsp3) is 0.718. The van der Waals surface area contributed by atoms with E-state index in [1.807, 2.05) is 0 Å². The Balaban J connectivity index is 0.646. The van der Waals surface area contributed by atoms with Gasteiger partial charge in [0.2, 0.25) is 23.6 Å². The molecule has 47 nitrogen and oxygen atoms in total. The smallest absolute Gasteiger partial charge is 0.471 e. The number of carbonyl (C=O) groups excluding carboxylic acids is 7. The van der Waals surface area contributed by atoms with E-state index >= 15 is 0 Å². The van der Waals surface area contributed by atoms with Gasteiger partial charge in [-0.2, -0.15) is 39.5 Å². The molecule has 7 amide bonds. The highest BCUT2D eigenvalue weighted by molar-refractivity contribution is 5.84. The number of aliphatic hydroxyl groups excluding tert-OH is 6. The Hall–Kier alpha value is -8.90. The number of aromatic nitrogens is 4. The summed E-state index contributed by atoms with van der Waals surface area (Å²) in [6.45, 7) is -1.30. The molecule has 6 saturated heterocycles. The van der Waals surface area contributed by atoms with Crippen molar-refractivity contribution < 1.29 is 217 Å². The average Bonchev–Trinajstić information content (AvgIpc) is 1.60.